The minimum Gasteiger partial charge on any atom is -0.420 e. The van der Waals surface area contributed by atoms with Crippen LogP contribution in [-0.4, -0.2) is 0 Å². The predicted octanol–water partition coefficient (Wildman–Crippen LogP) is -1.33. The third-order valence-electron chi connectivity index (χ3n) is 1.21. The van der Waals surface area contributed by atoms with E-state index in [2.05, 4.69) is 0 Å². The summed E-state index contributed by atoms with van der Waals surface area (Å²) >= 11 is 0. The molecule has 0 fully saturated rings. The van der Waals surface area contributed by atoms with Crippen LogP contribution in [0, 0.1) is 6.92 Å². The van der Waals surface area contributed by atoms with E-state index in [1.54, 1.807) is 24.3 Å². The zero-order chi connectivity index (χ0) is 7.56. The van der Waals surface area contributed by atoms with Gasteiger partial charge in [-0.25, -0.2) is 0 Å². The van der Waals surface area contributed by atoms with Crippen LogP contribution in [0.5, 0.6) is 0 Å². The molecule has 0 amide bonds. The topological polar surface area (TPSA) is 34.1 Å². The van der Waals surface area contributed by atoms with Gasteiger partial charge in [-0.1, -0.05) is 34.7 Å². The molecular formula is C7H7LiO2S. The van der Waals surface area contributed by atoms with Crippen molar-refractivity contribution in [1.29, 1.82) is 0 Å². The first-order valence-corrected chi connectivity index (χ1v) is 3.93. The summed E-state index contributed by atoms with van der Waals surface area (Å²) in [5.41, 5.74) is 1.06. The molecule has 1 aromatic rings. The fourth-order valence-corrected chi connectivity index (χ4v) is 1.01. The van der Waals surface area contributed by atoms with E-state index in [0.717, 1.165) is 5.56 Å². The fourth-order valence-electron chi connectivity index (χ4n) is 0.649. The van der Waals surface area contributed by atoms with E-state index < -0.39 is 10.7 Å². The van der Waals surface area contributed by atoms with Gasteiger partial charge in [0.1, 0.15) is 0 Å². The molecule has 11 heavy (non-hydrogen) atoms. The Bertz CT molecular complexity index is 282. The first-order chi connectivity index (χ1) is 4.70. The average Bonchev–Trinajstić information content (AvgIpc) is 1.88. The molecule has 0 saturated carbocycles. The third kappa shape index (κ3) is 3.11. The minimum absolute atomic E-state index is 0. The van der Waals surface area contributed by atoms with E-state index in [1.165, 1.54) is 0 Å². The second-order valence-electron chi connectivity index (χ2n) is 2.05. The number of hydrogen-bond donors (Lipinski definition) is 0. The van der Waals surface area contributed by atoms with Gasteiger partial charge in [0.25, 0.3) is 0 Å². The first kappa shape index (κ1) is 10.8. The van der Waals surface area contributed by atoms with Crippen molar-refractivity contribution in [3.8, 4) is 0 Å². The molecule has 2 nitrogen and oxygen atoms in total. The van der Waals surface area contributed by atoms with Gasteiger partial charge < -0.3 is 8.42 Å². The van der Waals surface area contributed by atoms with Crippen LogP contribution in [0.2, 0.25) is 0 Å². The Morgan fingerprint density at radius 2 is 1.55 bits per heavy atom. The van der Waals surface area contributed by atoms with E-state index in [4.69, 9.17) is 0 Å². The quantitative estimate of drug-likeness (QED) is 0.378. The van der Waals surface area contributed by atoms with Gasteiger partial charge in [-0.05, 0) is 17.6 Å². The van der Waals surface area contributed by atoms with Gasteiger partial charge in [-0.2, -0.15) is 0 Å². The molecule has 0 bridgehead atoms. The van der Waals surface area contributed by atoms with E-state index in [9.17, 15) is 8.42 Å². The number of aryl methyl sites for hydroxylation is 1. The van der Waals surface area contributed by atoms with Crippen LogP contribution >= 0.6 is 0 Å². The van der Waals surface area contributed by atoms with Crippen LogP contribution in [0.4, 0.5) is 0 Å². The van der Waals surface area contributed by atoms with Gasteiger partial charge in [-0.15, -0.1) is 0 Å². The van der Waals surface area contributed by atoms with Crippen molar-refractivity contribution in [2.75, 3.05) is 0 Å². The average molecular weight is 162 g/mol. The van der Waals surface area contributed by atoms with Crippen molar-refractivity contribution in [1.82, 2.24) is 0 Å². The Morgan fingerprint density at radius 1 is 1.09 bits per heavy atom. The summed E-state index contributed by atoms with van der Waals surface area (Å²) in [4.78, 5) is 0.339. The molecule has 0 unspecified atom stereocenters. The molecule has 4 heteroatoms. The third-order valence-corrected chi connectivity index (χ3v) is 1.87. The normalized spacial score (nSPS) is 9.27. The molecule has 0 spiro atoms. The maximum Gasteiger partial charge on any atom is 1.00 e. The second-order valence-corrected chi connectivity index (χ2v) is 2.99. The molecule has 0 aromatic heterocycles. The van der Waals surface area contributed by atoms with E-state index in [0.29, 0.717) is 4.90 Å². The van der Waals surface area contributed by atoms with E-state index in [1.807, 2.05) is 6.92 Å². The summed E-state index contributed by atoms with van der Waals surface area (Å²) < 4.78 is 20.6. The molecule has 0 aliphatic heterocycles. The molecule has 1 rings (SSSR count). The standard InChI is InChI=1S/C7H7O2S.Li/c1-6-2-4-7(5-3-6)10(8)9;/h2-5H,1H3;/q-1;+1. The molecule has 0 aliphatic rings. The SMILES string of the molecule is Cc1ccc([S-](=O)=O)cc1.[Li+]. The smallest absolute Gasteiger partial charge is 0.420 e. The van der Waals surface area contributed by atoms with Crippen molar-refractivity contribution in [3.63, 3.8) is 0 Å². The van der Waals surface area contributed by atoms with Crippen molar-refractivity contribution in [3.05, 3.63) is 29.8 Å². The second kappa shape index (κ2) is 4.61. The summed E-state index contributed by atoms with van der Waals surface area (Å²) in [7, 11) is -2.09. The molecule has 0 saturated heterocycles. The van der Waals surface area contributed by atoms with Gasteiger partial charge >= 0.3 is 18.9 Å². The van der Waals surface area contributed by atoms with Crippen LogP contribution in [0.1, 0.15) is 5.56 Å². The Kier molecular flexibility index (Phi) is 4.51. The van der Waals surface area contributed by atoms with Crippen LogP contribution in [0.25, 0.3) is 0 Å². The fraction of sp³-hybridized carbons (Fsp3) is 0.143. The molecule has 1 aromatic carbocycles. The van der Waals surface area contributed by atoms with Crippen molar-refractivity contribution < 1.29 is 27.3 Å². The molecule has 0 N–H and O–H groups in total. The van der Waals surface area contributed by atoms with Gasteiger partial charge in [0, 0.05) is 0 Å². The molecule has 0 atom stereocenters. The van der Waals surface area contributed by atoms with Gasteiger partial charge in [-0.3, -0.25) is 0 Å². The maximum absolute atomic E-state index is 10.3. The Hall–Kier alpha value is -0.233. The zero-order valence-corrected chi connectivity index (χ0v) is 7.35. The minimum atomic E-state index is -2.09. The summed E-state index contributed by atoms with van der Waals surface area (Å²) in [6.45, 7) is 1.91. The van der Waals surface area contributed by atoms with Crippen LogP contribution in [0.15, 0.2) is 29.2 Å². The number of benzene rings is 1. The first-order valence-electron chi connectivity index (χ1n) is 2.86. The maximum atomic E-state index is 10.3. The largest absolute Gasteiger partial charge is 1.00 e. The summed E-state index contributed by atoms with van der Waals surface area (Å²) in [5.74, 6) is 0. The summed E-state index contributed by atoms with van der Waals surface area (Å²) in [6.07, 6.45) is 0. The summed E-state index contributed by atoms with van der Waals surface area (Å²) in [5, 5.41) is 0. The van der Waals surface area contributed by atoms with Gasteiger partial charge in [0.2, 0.25) is 0 Å². The number of hydrogen-bond acceptors (Lipinski definition) is 3. The molecule has 0 heterocycles. The van der Waals surface area contributed by atoms with Crippen LogP contribution < -0.4 is 18.9 Å². The zero-order valence-electron chi connectivity index (χ0n) is 6.53. The number of rotatable bonds is 1. The van der Waals surface area contributed by atoms with Crippen molar-refractivity contribution >= 4 is 10.7 Å². The Morgan fingerprint density at radius 3 is 1.91 bits per heavy atom. The predicted molar refractivity (Wildman–Crippen MR) is 38.2 cm³/mol. The Labute approximate surface area is 79.8 Å². The molecule has 0 aliphatic carbocycles. The molecule has 0 radical (unpaired) electrons. The van der Waals surface area contributed by atoms with Gasteiger partial charge in [0.05, 0.1) is 0 Å². The molecule has 54 valence electrons. The molecular weight excluding hydrogens is 155 g/mol. The Balaban J connectivity index is 0.000001000. The van der Waals surface area contributed by atoms with Crippen LogP contribution in [0.3, 0.4) is 0 Å². The van der Waals surface area contributed by atoms with Crippen LogP contribution in [-0.2, 0) is 19.1 Å². The van der Waals surface area contributed by atoms with E-state index >= 15 is 0 Å². The van der Waals surface area contributed by atoms with E-state index in [-0.39, 0.29) is 18.9 Å². The van der Waals surface area contributed by atoms with Crippen molar-refractivity contribution in [2.45, 2.75) is 11.8 Å². The monoisotopic (exact) mass is 162 g/mol. The summed E-state index contributed by atoms with van der Waals surface area (Å²) in [6, 6.07) is 6.70. The van der Waals surface area contributed by atoms with Gasteiger partial charge in [0.15, 0.2) is 0 Å². The van der Waals surface area contributed by atoms with Crippen molar-refractivity contribution in [2.24, 2.45) is 0 Å².